The molecule has 1 amide bonds. The van der Waals surface area contributed by atoms with Gasteiger partial charge in [-0.2, -0.15) is 11.8 Å². The standard InChI is InChI=1S/C14H18FNO3S/c1-10(20-2)7-13(17)16(9-14(18)19)8-11-3-5-12(15)6-4-11/h3-6,10H,7-9H2,1-2H3,(H,18,19). The third-order valence-corrected chi connectivity index (χ3v) is 3.80. The van der Waals surface area contributed by atoms with Crippen LogP contribution in [0, 0.1) is 5.82 Å². The van der Waals surface area contributed by atoms with Gasteiger partial charge in [-0.1, -0.05) is 19.1 Å². The van der Waals surface area contributed by atoms with E-state index in [2.05, 4.69) is 0 Å². The molecule has 0 saturated heterocycles. The number of benzene rings is 1. The number of thioether (sulfide) groups is 1. The van der Waals surface area contributed by atoms with E-state index in [1.807, 2.05) is 13.2 Å². The molecule has 0 radical (unpaired) electrons. The predicted octanol–water partition coefficient (Wildman–Crippen LogP) is 2.38. The summed E-state index contributed by atoms with van der Waals surface area (Å²) in [4.78, 5) is 24.2. The van der Waals surface area contributed by atoms with E-state index in [9.17, 15) is 14.0 Å². The number of amides is 1. The normalized spacial score (nSPS) is 11.9. The Morgan fingerprint density at radius 2 is 1.95 bits per heavy atom. The Morgan fingerprint density at radius 1 is 1.35 bits per heavy atom. The predicted molar refractivity (Wildman–Crippen MR) is 77.0 cm³/mol. The molecule has 20 heavy (non-hydrogen) atoms. The van der Waals surface area contributed by atoms with Crippen LogP contribution in [0.1, 0.15) is 18.9 Å². The maximum atomic E-state index is 12.8. The number of carbonyl (C=O) groups is 2. The largest absolute Gasteiger partial charge is 0.480 e. The molecule has 0 spiro atoms. The van der Waals surface area contributed by atoms with Gasteiger partial charge in [-0.3, -0.25) is 9.59 Å². The molecular weight excluding hydrogens is 281 g/mol. The van der Waals surface area contributed by atoms with Crippen LogP contribution in [0.4, 0.5) is 4.39 Å². The molecule has 6 heteroatoms. The lowest BCUT2D eigenvalue weighted by atomic mass is 10.2. The molecule has 110 valence electrons. The second kappa shape index (κ2) is 7.89. The van der Waals surface area contributed by atoms with Crippen LogP contribution in [-0.4, -0.2) is 39.9 Å². The second-order valence-electron chi connectivity index (χ2n) is 4.52. The van der Waals surface area contributed by atoms with Crippen LogP contribution in [-0.2, 0) is 16.1 Å². The summed E-state index contributed by atoms with van der Waals surface area (Å²) in [5.41, 5.74) is 0.706. The van der Waals surface area contributed by atoms with Crippen molar-refractivity contribution in [3.8, 4) is 0 Å². The molecule has 1 atom stereocenters. The molecule has 0 saturated carbocycles. The average Bonchev–Trinajstić information content (AvgIpc) is 2.39. The molecule has 4 nitrogen and oxygen atoms in total. The van der Waals surface area contributed by atoms with E-state index in [1.54, 1.807) is 23.9 Å². The van der Waals surface area contributed by atoms with Crippen LogP contribution < -0.4 is 0 Å². The minimum Gasteiger partial charge on any atom is -0.480 e. The maximum absolute atomic E-state index is 12.8. The fourth-order valence-electron chi connectivity index (χ4n) is 1.66. The zero-order valence-electron chi connectivity index (χ0n) is 11.5. The van der Waals surface area contributed by atoms with Gasteiger partial charge in [0.25, 0.3) is 0 Å². The van der Waals surface area contributed by atoms with Crippen LogP contribution in [0.5, 0.6) is 0 Å². The van der Waals surface area contributed by atoms with E-state index < -0.39 is 5.97 Å². The SMILES string of the molecule is CSC(C)CC(=O)N(CC(=O)O)Cc1ccc(F)cc1. The number of nitrogens with zero attached hydrogens (tertiary/aromatic N) is 1. The van der Waals surface area contributed by atoms with Gasteiger partial charge in [0, 0.05) is 18.2 Å². The lowest BCUT2D eigenvalue weighted by Gasteiger charge is -2.22. The third kappa shape index (κ3) is 5.61. The van der Waals surface area contributed by atoms with Gasteiger partial charge in [0.1, 0.15) is 12.4 Å². The quantitative estimate of drug-likeness (QED) is 0.840. The van der Waals surface area contributed by atoms with Gasteiger partial charge in [-0.15, -0.1) is 0 Å². The van der Waals surface area contributed by atoms with Gasteiger partial charge in [0.2, 0.25) is 5.91 Å². The van der Waals surface area contributed by atoms with Crippen molar-refractivity contribution in [1.82, 2.24) is 4.90 Å². The Labute approximate surface area is 122 Å². The van der Waals surface area contributed by atoms with E-state index in [0.717, 1.165) is 0 Å². The number of carboxylic acids is 1. The average molecular weight is 299 g/mol. The Balaban J connectivity index is 2.75. The summed E-state index contributed by atoms with van der Waals surface area (Å²) in [5, 5.41) is 9.02. The number of rotatable bonds is 7. The second-order valence-corrected chi connectivity index (χ2v) is 5.80. The summed E-state index contributed by atoms with van der Waals surface area (Å²) < 4.78 is 12.8. The molecule has 1 aromatic carbocycles. The summed E-state index contributed by atoms with van der Waals surface area (Å²) in [7, 11) is 0. The lowest BCUT2D eigenvalue weighted by Crippen LogP contribution is -2.36. The maximum Gasteiger partial charge on any atom is 0.323 e. The van der Waals surface area contributed by atoms with Gasteiger partial charge in [0.05, 0.1) is 0 Å². The fourth-order valence-corrected chi connectivity index (χ4v) is 1.97. The molecule has 0 aliphatic carbocycles. The van der Waals surface area contributed by atoms with E-state index in [4.69, 9.17) is 5.11 Å². The van der Waals surface area contributed by atoms with Crippen molar-refractivity contribution in [3.05, 3.63) is 35.6 Å². The third-order valence-electron chi connectivity index (χ3n) is 2.83. The van der Waals surface area contributed by atoms with Crippen LogP contribution in [0.25, 0.3) is 0 Å². The van der Waals surface area contributed by atoms with Crippen LogP contribution in [0.2, 0.25) is 0 Å². The van der Waals surface area contributed by atoms with E-state index in [-0.39, 0.29) is 36.5 Å². The first-order valence-corrected chi connectivity index (χ1v) is 7.48. The highest BCUT2D eigenvalue weighted by atomic mass is 32.2. The molecule has 1 N–H and O–H groups in total. The van der Waals surface area contributed by atoms with Crippen molar-refractivity contribution in [3.63, 3.8) is 0 Å². The van der Waals surface area contributed by atoms with Crippen molar-refractivity contribution < 1.29 is 19.1 Å². The van der Waals surface area contributed by atoms with Crippen LogP contribution in [0.3, 0.4) is 0 Å². The summed E-state index contributed by atoms with van der Waals surface area (Å²) in [6.45, 7) is 1.74. The van der Waals surface area contributed by atoms with Gasteiger partial charge in [-0.25, -0.2) is 4.39 Å². The number of halogens is 1. The van der Waals surface area contributed by atoms with Crippen molar-refractivity contribution in [1.29, 1.82) is 0 Å². The molecule has 0 aliphatic rings. The van der Waals surface area contributed by atoms with Crippen molar-refractivity contribution in [2.45, 2.75) is 25.1 Å². The molecule has 1 rings (SSSR count). The highest BCUT2D eigenvalue weighted by Gasteiger charge is 2.19. The first-order valence-electron chi connectivity index (χ1n) is 6.19. The van der Waals surface area contributed by atoms with E-state index >= 15 is 0 Å². The van der Waals surface area contributed by atoms with Crippen molar-refractivity contribution in [2.24, 2.45) is 0 Å². The molecule has 0 fully saturated rings. The Bertz CT molecular complexity index is 464. The minimum atomic E-state index is -1.06. The Kier molecular flexibility index (Phi) is 6.51. The number of hydrogen-bond acceptors (Lipinski definition) is 3. The first-order chi connectivity index (χ1) is 9.42. The highest BCUT2D eigenvalue weighted by molar-refractivity contribution is 7.99. The summed E-state index contributed by atoms with van der Waals surface area (Å²) >= 11 is 1.55. The monoisotopic (exact) mass is 299 g/mol. The summed E-state index contributed by atoms with van der Waals surface area (Å²) in [5.74, 6) is -1.63. The fraction of sp³-hybridized carbons (Fsp3) is 0.429. The van der Waals surface area contributed by atoms with E-state index in [0.29, 0.717) is 5.56 Å². The van der Waals surface area contributed by atoms with Gasteiger partial charge >= 0.3 is 5.97 Å². The number of hydrogen-bond donors (Lipinski definition) is 1. The molecule has 1 aromatic rings. The lowest BCUT2D eigenvalue weighted by molar-refractivity contribution is -0.144. The summed E-state index contributed by atoms with van der Waals surface area (Å²) in [6.07, 6.45) is 2.19. The van der Waals surface area contributed by atoms with Crippen molar-refractivity contribution >= 4 is 23.6 Å². The number of carboxylic acid groups (broad SMARTS) is 1. The van der Waals surface area contributed by atoms with E-state index in [1.165, 1.54) is 17.0 Å². The zero-order chi connectivity index (χ0) is 15.1. The smallest absolute Gasteiger partial charge is 0.323 e. The topological polar surface area (TPSA) is 57.6 Å². The van der Waals surface area contributed by atoms with Gasteiger partial charge in [-0.05, 0) is 24.0 Å². The van der Waals surface area contributed by atoms with Crippen LogP contribution >= 0.6 is 11.8 Å². The molecule has 0 aromatic heterocycles. The van der Waals surface area contributed by atoms with Gasteiger partial charge in [0.15, 0.2) is 0 Å². The Morgan fingerprint density at radius 3 is 2.45 bits per heavy atom. The van der Waals surface area contributed by atoms with Gasteiger partial charge < -0.3 is 10.0 Å². The minimum absolute atomic E-state index is 0.131. The van der Waals surface area contributed by atoms with Crippen molar-refractivity contribution in [2.75, 3.05) is 12.8 Å². The number of aliphatic carboxylic acids is 1. The summed E-state index contributed by atoms with van der Waals surface area (Å²) in [6, 6.07) is 5.69. The highest BCUT2D eigenvalue weighted by Crippen LogP contribution is 2.14. The molecule has 0 bridgehead atoms. The van der Waals surface area contributed by atoms with Crippen LogP contribution in [0.15, 0.2) is 24.3 Å². The molecule has 0 heterocycles. The zero-order valence-corrected chi connectivity index (χ0v) is 12.3. The number of carbonyl (C=O) groups excluding carboxylic acids is 1. The first kappa shape index (κ1) is 16.5. The molecule has 1 unspecified atom stereocenters. The molecular formula is C14H18FNO3S. The molecule has 0 aliphatic heterocycles. The Hall–Kier alpha value is -1.56.